The number of thioether (sulfide) groups is 1. The Labute approximate surface area is 152 Å². The molecule has 0 fully saturated rings. The summed E-state index contributed by atoms with van der Waals surface area (Å²) in [5, 5.41) is 14.8. The Balaban J connectivity index is 1.96. The van der Waals surface area contributed by atoms with Crippen molar-refractivity contribution in [1.29, 1.82) is 0 Å². The Kier molecular flexibility index (Phi) is 7.72. The van der Waals surface area contributed by atoms with Crippen LogP contribution in [0.15, 0.2) is 29.3 Å². The average molecular weight is 364 g/mol. The highest BCUT2D eigenvalue weighted by atomic mass is 32.2. The maximum Gasteiger partial charge on any atom is 0.191 e. The quantitative estimate of drug-likeness (QED) is 0.427. The molecule has 1 aromatic carbocycles. The van der Waals surface area contributed by atoms with Crippen molar-refractivity contribution in [3.05, 3.63) is 47.3 Å². The maximum atomic E-state index is 13.0. The molecule has 2 rings (SSSR count). The fraction of sp³-hybridized carbons (Fsp3) is 0.471. The normalized spacial score (nSPS) is 11.6. The van der Waals surface area contributed by atoms with Gasteiger partial charge in [0.15, 0.2) is 11.8 Å². The minimum atomic E-state index is -0.237. The van der Waals surface area contributed by atoms with Gasteiger partial charge < -0.3 is 15.2 Å². The first kappa shape index (κ1) is 19.2. The van der Waals surface area contributed by atoms with Gasteiger partial charge >= 0.3 is 0 Å². The lowest BCUT2D eigenvalue weighted by molar-refractivity contribution is 0.627. The van der Waals surface area contributed by atoms with Crippen LogP contribution >= 0.6 is 11.8 Å². The summed E-state index contributed by atoms with van der Waals surface area (Å²) in [6.45, 7) is 3.78. The SMILES string of the molecule is CSCCCNC(=NCc1ccc(F)cc1)NCc1nnc(C)n1C. The first-order valence-electron chi connectivity index (χ1n) is 8.20. The van der Waals surface area contributed by atoms with Gasteiger partial charge in [0.2, 0.25) is 0 Å². The number of nitrogens with one attached hydrogen (secondary N) is 2. The van der Waals surface area contributed by atoms with Crippen molar-refractivity contribution in [2.24, 2.45) is 12.0 Å². The number of aliphatic imine (C=N–C) groups is 1. The van der Waals surface area contributed by atoms with Gasteiger partial charge in [-0.05, 0) is 43.0 Å². The topological polar surface area (TPSA) is 67.1 Å². The molecular weight excluding hydrogens is 339 g/mol. The number of hydrogen-bond acceptors (Lipinski definition) is 4. The van der Waals surface area contributed by atoms with E-state index in [4.69, 9.17) is 0 Å². The molecule has 0 radical (unpaired) electrons. The first-order valence-corrected chi connectivity index (χ1v) is 9.60. The van der Waals surface area contributed by atoms with E-state index in [0.29, 0.717) is 19.0 Å². The monoisotopic (exact) mass is 364 g/mol. The van der Waals surface area contributed by atoms with Crippen molar-refractivity contribution in [3.8, 4) is 0 Å². The number of aromatic nitrogens is 3. The van der Waals surface area contributed by atoms with Crippen molar-refractivity contribution in [2.45, 2.75) is 26.4 Å². The van der Waals surface area contributed by atoms with Gasteiger partial charge in [0.05, 0.1) is 13.1 Å². The molecule has 6 nitrogen and oxygen atoms in total. The molecule has 1 heterocycles. The molecule has 0 aliphatic heterocycles. The van der Waals surface area contributed by atoms with Gasteiger partial charge in [-0.25, -0.2) is 9.38 Å². The lowest BCUT2D eigenvalue weighted by Gasteiger charge is -2.12. The Morgan fingerprint density at radius 3 is 2.64 bits per heavy atom. The fourth-order valence-corrected chi connectivity index (χ4v) is 2.56. The van der Waals surface area contributed by atoms with Crippen molar-refractivity contribution in [3.63, 3.8) is 0 Å². The molecule has 2 N–H and O–H groups in total. The molecule has 0 aliphatic rings. The number of aryl methyl sites for hydroxylation is 1. The predicted molar refractivity (Wildman–Crippen MR) is 101 cm³/mol. The predicted octanol–water partition coefficient (Wildman–Crippen LogP) is 2.25. The Hall–Kier alpha value is -2.09. The van der Waals surface area contributed by atoms with E-state index in [1.165, 1.54) is 12.1 Å². The second-order valence-electron chi connectivity index (χ2n) is 5.64. The van der Waals surface area contributed by atoms with Crippen LogP contribution in [0, 0.1) is 12.7 Å². The van der Waals surface area contributed by atoms with E-state index in [1.807, 2.05) is 30.3 Å². The lowest BCUT2D eigenvalue weighted by atomic mass is 10.2. The molecule has 136 valence electrons. The van der Waals surface area contributed by atoms with Crippen LogP contribution in [0.25, 0.3) is 0 Å². The highest BCUT2D eigenvalue weighted by molar-refractivity contribution is 7.98. The van der Waals surface area contributed by atoms with Crippen LogP contribution in [0.2, 0.25) is 0 Å². The van der Waals surface area contributed by atoms with E-state index in [1.54, 1.807) is 12.1 Å². The minimum Gasteiger partial charge on any atom is -0.356 e. The molecule has 0 bridgehead atoms. The summed E-state index contributed by atoms with van der Waals surface area (Å²) >= 11 is 1.82. The fourth-order valence-electron chi connectivity index (χ4n) is 2.13. The summed E-state index contributed by atoms with van der Waals surface area (Å²) in [4.78, 5) is 4.58. The molecule has 8 heteroatoms. The third-order valence-electron chi connectivity index (χ3n) is 3.75. The maximum absolute atomic E-state index is 13.0. The Morgan fingerprint density at radius 2 is 2.00 bits per heavy atom. The highest BCUT2D eigenvalue weighted by Gasteiger charge is 2.06. The number of guanidine groups is 1. The molecule has 0 unspecified atom stereocenters. The first-order chi connectivity index (χ1) is 12.1. The van der Waals surface area contributed by atoms with E-state index >= 15 is 0 Å². The van der Waals surface area contributed by atoms with Crippen molar-refractivity contribution in [2.75, 3.05) is 18.6 Å². The van der Waals surface area contributed by atoms with Gasteiger partial charge in [-0.1, -0.05) is 12.1 Å². The van der Waals surface area contributed by atoms with Crippen LogP contribution in [0.1, 0.15) is 23.6 Å². The van der Waals surface area contributed by atoms with Crippen molar-refractivity contribution in [1.82, 2.24) is 25.4 Å². The number of nitrogens with zero attached hydrogens (tertiary/aromatic N) is 4. The molecule has 0 spiro atoms. The van der Waals surface area contributed by atoms with E-state index < -0.39 is 0 Å². The number of rotatable bonds is 8. The number of hydrogen-bond donors (Lipinski definition) is 2. The van der Waals surface area contributed by atoms with Gasteiger partial charge in [-0.2, -0.15) is 11.8 Å². The third kappa shape index (κ3) is 6.38. The summed E-state index contributed by atoms with van der Waals surface area (Å²) < 4.78 is 14.9. The van der Waals surface area contributed by atoms with Gasteiger partial charge in [0.1, 0.15) is 11.6 Å². The van der Waals surface area contributed by atoms with E-state index in [9.17, 15) is 4.39 Å². The minimum absolute atomic E-state index is 0.237. The zero-order valence-electron chi connectivity index (χ0n) is 14.9. The second-order valence-corrected chi connectivity index (χ2v) is 6.63. The second kappa shape index (κ2) is 10.0. The highest BCUT2D eigenvalue weighted by Crippen LogP contribution is 2.04. The van der Waals surface area contributed by atoms with Crippen LogP contribution in [0.3, 0.4) is 0 Å². The van der Waals surface area contributed by atoms with Crippen LogP contribution in [-0.4, -0.2) is 39.3 Å². The Morgan fingerprint density at radius 1 is 1.24 bits per heavy atom. The van der Waals surface area contributed by atoms with Crippen LogP contribution < -0.4 is 10.6 Å². The molecule has 25 heavy (non-hydrogen) atoms. The summed E-state index contributed by atoms with van der Waals surface area (Å²) in [6, 6.07) is 6.39. The third-order valence-corrected chi connectivity index (χ3v) is 4.44. The number of halogens is 1. The van der Waals surface area contributed by atoms with E-state index in [-0.39, 0.29) is 5.82 Å². The molecule has 0 atom stereocenters. The van der Waals surface area contributed by atoms with Gasteiger partial charge in [-0.15, -0.1) is 10.2 Å². The molecule has 2 aromatic rings. The Bertz CT molecular complexity index is 683. The number of benzene rings is 1. The van der Waals surface area contributed by atoms with Crippen LogP contribution in [-0.2, 0) is 20.1 Å². The summed E-state index contributed by atoms with van der Waals surface area (Å²) in [6.07, 6.45) is 3.15. The summed E-state index contributed by atoms with van der Waals surface area (Å²) in [5.41, 5.74) is 0.959. The molecule has 1 aromatic heterocycles. The zero-order valence-corrected chi connectivity index (χ0v) is 15.7. The molecule has 0 aliphatic carbocycles. The smallest absolute Gasteiger partial charge is 0.191 e. The van der Waals surface area contributed by atoms with Crippen molar-refractivity contribution >= 4 is 17.7 Å². The van der Waals surface area contributed by atoms with E-state index in [0.717, 1.165) is 35.9 Å². The molecular formula is C17H25FN6S. The van der Waals surface area contributed by atoms with Gasteiger partial charge in [0.25, 0.3) is 0 Å². The van der Waals surface area contributed by atoms with Crippen LogP contribution in [0.5, 0.6) is 0 Å². The van der Waals surface area contributed by atoms with Crippen LogP contribution in [0.4, 0.5) is 4.39 Å². The zero-order chi connectivity index (χ0) is 18.1. The summed E-state index contributed by atoms with van der Waals surface area (Å²) in [5.74, 6) is 3.29. The molecule has 0 amide bonds. The van der Waals surface area contributed by atoms with Gasteiger partial charge in [0, 0.05) is 13.6 Å². The lowest BCUT2D eigenvalue weighted by Crippen LogP contribution is -2.38. The standard InChI is InChI=1S/C17H25FN6S/c1-13-22-23-16(24(13)2)12-21-17(19-9-4-10-25-3)20-11-14-5-7-15(18)8-6-14/h5-8H,4,9-12H2,1-3H3,(H2,19,20,21). The van der Waals surface area contributed by atoms with Crippen molar-refractivity contribution < 1.29 is 4.39 Å². The molecule has 0 saturated carbocycles. The van der Waals surface area contributed by atoms with E-state index in [2.05, 4.69) is 32.1 Å². The summed E-state index contributed by atoms with van der Waals surface area (Å²) in [7, 11) is 1.94. The molecule has 0 saturated heterocycles. The largest absolute Gasteiger partial charge is 0.356 e. The average Bonchev–Trinajstić information content (AvgIpc) is 2.93. The van der Waals surface area contributed by atoms with Gasteiger partial charge in [-0.3, -0.25) is 0 Å².